The van der Waals surface area contributed by atoms with Gasteiger partial charge in [0.1, 0.15) is 6.54 Å². The first-order chi connectivity index (χ1) is 13.2. The molecule has 7 nitrogen and oxygen atoms in total. The van der Waals surface area contributed by atoms with Crippen LogP contribution in [0.3, 0.4) is 0 Å². The molecule has 140 valence electrons. The zero-order valence-electron chi connectivity index (χ0n) is 15.1. The third-order valence-electron chi connectivity index (χ3n) is 5.07. The van der Waals surface area contributed by atoms with Crippen LogP contribution in [0.15, 0.2) is 55.0 Å². The minimum Gasteiger partial charge on any atom is -0.480 e. The van der Waals surface area contributed by atoms with Gasteiger partial charge in [-0.1, -0.05) is 12.1 Å². The van der Waals surface area contributed by atoms with Crippen LogP contribution in [0, 0.1) is 0 Å². The van der Waals surface area contributed by atoms with Gasteiger partial charge in [-0.2, -0.15) is 10.2 Å². The van der Waals surface area contributed by atoms with E-state index < -0.39 is 5.97 Å². The number of aliphatic carboxylic acids is 1. The molecule has 0 amide bonds. The fraction of sp³-hybridized carbons (Fsp3) is 0.350. The third-order valence-corrected chi connectivity index (χ3v) is 5.07. The molecule has 0 aliphatic carbocycles. The van der Waals surface area contributed by atoms with Gasteiger partial charge in [-0.25, -0.2) is 4.68 Å². The second kappa shape index (κ2) is 7.75. The summed E-state index contributed by atoms with van der Waals surface area (Å²) in [6, 6.07) is 12.3. The number of carboxylic acid groups (broad SMARTS) is 1. The van der Waals surface area contributed by atoms with E-state index in [1.165, 1.54) is 5.56 Å². The molecular formula is C20H23N5O2. The first kappa shape index (κ1) is 17.5. The summed E-state index contributed by atoms with van der Waals surface area (Å²) in [5.41, 5.74) is 3.35. The first-order valence-electron chi connectivity index (χ1n) is 9.24. The summed E-state index contributed by atoms with van der Waals surface area (Å²) >= 11 is 0. The van der Waals surface area contributed by atoms with E-state index in [1.54, 1.807) is 17.1 Å². The number of rotatable bonds is 6. The van der Waals surface area contributed by atoms with Crippen LogP contribution < -0.4 is 0 Å². The summed E-state index contributed by atoms with van der Waals surface area (Å²) in [5.74, 6) is -0.533. The third kappa shape index (κ3) is 4.09. The highest BCUT2D eigenvalue weighted by Crippen LogP contribution is 2.27. The van der Waals surface area contributed by atoms with E-state index in [0.717, 1.165) is 43.9 Å². The minimum absolute atomic E-state index is 0.0757. The summed E-state index contributed by atoms with van der Waals surface area (Å²) in [6.45, 7) is 2.80. The van der Waals surface area contributed by atoms with Crippen LogP contribution in [-0.4, -0.2) is 48.6 Å². The molecular weight excluding hydrogens is 342 g/mol. The molecule has 0 spiro atoms. The Kier molecular flexibility index (Phi) is 5.02. The summed E-state index contributed by atoms with van der Waals surface area (Å²) in [5, 5.41) is 17.5. The topological polar surface area (TPSA) is 76.2 Å². The monoisotopic (exact) mass is 365 g/mol. The average molecular weight is 365 g/mol. The molecule has 3 aromatic rings. The second-order valence-electron chi connectivity index (χ2n) is 7.00. The number of piperidine rings is 1. The van der Waals surface area contributed by atoms with E-state index in [-0.39, 0.29) is 6.54 Å². The molecule has 7 heteroatoms. The fourth-order valence-electron chi connectivity index (χ4n) is 3.82. The Balaban J connectivity index is 1.41. The van der Waals surface area contributed by atoms with Gasteiger partial charge in [0, 0.05) is 43.3 Å². The Hall–Kier alpha value is -2.93. The molecule has 1 aliphatic rings. The first-order valence-corrected chi connectivity index (χ1v) is 9.24. The van der Waals surface area contributed by atoms with E-state index in [4.69, 9.17) is 5.11 Å². The van der Waals surface area contributed by atoms with E-state index in [9.17, 15) is 4.79 Å². The number of carbonyl (C=O) groups is 1. The van der Waals surface area contributed by atoms with E-state index in [2.05, 4.69) is 39.4 Å². The molecule has 0 radical (unpaired) electrons. The summed E-state index contributed by atoms with van der Waals surface area (Å²) < 4.78 is 3.47. The lowest BCUT2D eigenvalue weighted by Crippen LogP contribution is -2.35. The lowest BCUT2D eigenvalue weighted by atomic mass is 9.94. The van der Waals surface area contributed by atoms with Gasteiger partial charge >= 0.3 is 5.97 Å². The molecule has 3 heterocycles. The predicted molar refractivity (Wildman–Crippen MR) is 101 cm³/mol. The van der Waals surface area contributed by atoms with Crippen LogP contribution in [0.1, 0.15) is 30.0 Å². The van der Waals surface area contributed by atoms with Crippen molar-refractivity contribution in [2.45, 2.75) is 31.8 Å². The maximum Gasteiger partial charge on any atom is 0.325 e. The SMILES string of the molecule is O=C(O)Cn1nccc1[C@H]1CCCN(Cc2ccc(-n3cccn3)cc2)C1. The van der Waals surface area contributed by atoms with Crippen molar-refractivity contribution in [3.05, 3.63) is 66.2 Å². The van der Waals surface area contributed by atoms with Crippen molar-refractivity contribution in [3.8, 4) is 5.69 Å². The summed E-state index contributed by atoms with van der Waals surface area (Å²) in [7, 11) is 0. The van der Waals surface area contributed by atoms with Crippen molar-refractivity contribution in [1.29, 1.82) is 0 Å². The van der Waals surface area contributed by atoms with E-state index in [0.29, 0.717) is 5.92 Å². The molecule has 1 aliphatic heterocycles. The molecule has 1 fully saturated rings. The number of hydrogen-bond acceptors (Lipinski definition) is 4. The highest BCUT2D eigenvalue weighted by molar-refractivity contribution is 5.66. The van der Waals surface area contributed by atoms with Crippen LogP contribution in [0.2, 0.25) is 0 Å². The largest absolute Gasteiger partial charge is 0.480 e. The zero-order chi connectivity index (χ0) is 18.6. The lowest BCUT2D eigenvalue weighted by molar-refractivity contribution is -0.137. The Morgan fingerprint density at radius 2 is 2.00 bits per heavy atom. The molecule has 0 saturated carbocycles. The molecule has 1 saturated heterocycles. The summed E-state index contributed by atoms with van der Waals surface area (Å²) in [6.07, 6.45) is 7.58. The van der Waals surface area contributed by atoms with Crippen molar-refractivity contribution in [2.24, 2.45) is 0 Å². The fourth-order valence-corrected chi connectivity index (χ4v) is 3.82. The van der Waals surface area contributed by atoms with Crippen LogP contribution >= 0.6 is 0 Å². The molecule has 0 unspecified atom stereocenters. The molecule has 27 heavy (non-hydrogen) atoms. The van der Waals surface area contributed by atoms with Crippen molar-refractivity contribution in [3.63, 3.8) is 0 Å². The van der Waals surface area contributed by atoms with Gasteiger partial charge in [0.25, 0.3) is 0 Å². The van der Waals surface area contributed by atoms with E-state index >= 15 is 0 Å². The standard InChI is InChI=1S/C20H23N5O2/c26-20(27)15-25-19(8-10-22-25)17-3-1-11-23(14-17)13-16-4-6-18(7-5-16)24-12-2-9-21-24/h2,4-10,12,17H,1,3,11,13-15H2,(H,26,27)/t17-/m0/s1. The maximum atomic E-state index is 11.0. The highest BCUT2D eigenvalue weighted by Gasteiger charge is 2.24. The van der Waals surface area contributed by atoms with Crippen LogP contribution in [0.25, 0.3) is 5.69 Å². The van der Waals surface area contributed by atoms with Gasteiger partial charge in [0.05, 0.1) is 5.69 Å². The van der Waals surface area contributed by atoms with Crippen molar-refractivity contribution in [2.75, 3.05) is 13.1 Å². The predicted octanol–water partition coefficient (Wildman–Crippen LogP) is 2.53. The zero-order valence-corrected chi connectivity index (χ0v) is 15.1. The normalized spacial score (nSPS) is 17.9. The van der Waals surface area contributed by atoms with Crippen molar-refractivity contribution < 1.29 is 9.90 Å². The Morgan fingerprint density at radius 3 is 2.74 bits per heavy atom. The maximum absolute atomic E-state index is 11.0. The van der Waals surface area contributed by atoms with Crippen molar-refractivity contribution >= 4 is 5.97 Å². The molecule has 4 rings (SSSR count). The molecule has 0 bridgehead atoms. The highest BCUT2D eigenvalue weighted by atomic mass is 16.4. The Bertz CT molecular complexity index is 886. The lowest BCUT2D eigenvalue weighted by Gasteiger charge is -2.33. The Labute approximate surface area is 157 Å². The number of likely N-dealkylation sites (tertiary alicyclic amines) is 1. The second-order valence-corrected chi connectivity index (χ2v) is 7.00. The number of aromatic nitrogens is 4. The molecule has 2 aromatic heterocycles. The Morgan fingerprint density at radius 1 is 1.15 bits per heavy atom. The van der Waals surface area contributed by atoms with Gasteiger partial charge in [-0.05, 0) is 49.2 Å². The van der Waals surface area contributed by atoms with Crippen molar-refractivity contribution in [1.82, 2.24) is 24.5 Å². The van der Waals surface area contributed by atoms with Gasteiger partial charge in [-0.3, -0.25) is 14.4 Å². The smallest absolute Gasteiger partial charge is 0.325 e. The van der Waals surface area contributed by atoms with Gasteiger partial charge in [0.15, 0.2) is 0 Å². The van der Waals surface area contributed by atoms with Gasteiger partial charge in [-0.15, -0.1) is 0 Å². The number of hydrogen-bond donors (Lipinski definition) is 1. The molecule has 1 aromatic carbocycles. The van der Waals surface area contributed by atoms with E-state index in [1.807, 2.05) is 23.0 Å². The molecule has 1 N–H and O–H groups in total. The number of nitrogens with zero attached hydrogens (tertiary/aromatic N) is 5. The quantitative estimate of drug-likeness (QED) is 0.726. The number of benzene rings is 1. The van der Waals surface area contributed by atoms with Crippen LogP contribution in [0.5, 0.6) is 0 Å². The minimum atomic E-state index is -0.857. The molecule has 1 atom stereocenters. The van der Waals surface area contributed by atoms with Gasteiger partial charge in [0.2, 0.25) is 0 Å². The number of carboxylic acids is 1. The van der Waals surface area contributed by atoms with Gasteiger partial charge < -0.3 is 5.11 Å². The van der Waals surface area contributed by atoms with Crippen LogP contribution in [-0.2, 0) is 17.9 Å². The summed E-state index contributed by atoms with van der Waals surface area (Å²) in [4.78, 5) is 13.5. The average Bonchev–Trinajstić information content (AvgIpc) is 3.34. The van der Waals surface area contributed by atoms with Crippen LogP contribution in [0.4, 0.5) is 0 Å².